The van der Waals surface area contributed by atoms with Crippen LogP contribution >= 0.6 is 7.37 Å². The van der Waals surface area contributed by atoms with Gasteiger partial charge in [-0.3, -0.25) is 19.2 Å². The number of amides is 2. The van der Waals surface area contributed by atoms with Crippen LogP contribution < -0.4 is 0 Å². The van der Waals surface area contributed by atoms with Crippen molar-refractivity contribution in [3.8, 4) is 0 Å². The van der Waals surface area contributed by atoms with Crippen molar-refractivity contribution in [2.75, 3.05) is 26.4 Å². The SMILES string of the molecule is CCOP(=O)(CCCc1ccccc1)[C@H]1CCC(=O)N2CCC[C@@H](C(=O)OC)N2C1=O. The van der Waals surface area contributed by atoms with Gasteiger partial charge in [0, 0.05) is 19.1 Å². The maximum atomic E-state index is 13.9. The number of esters is 1. The van der Waals surface area contributed by atoms with Crippen LogP contribution in [0.4, 0.5) is 0 Å². The normalized spacial score (nSPS) is 23.7. The Morgan fingerprint density at radius 1 is 1.19 bits per heavy atom. The quantitative estimate of drug-likeness (QED) is 0.447. The van der Waals surface area contributed by atoms with E-state index in [0.717, 1.165) is 12.0 Å². The monoisotopic (exact) mass is 450 g/mol. The highest BCUT2D eigenvalue weighted by Crippen LogP contribution is 2.55. The number of nitrogens with zero attached hydrogens (tertiary/aromatic N) is 2. The minimum atomic E-state index is -3.39. The molecule has 0 N–H and O–H groups in total. The molecule has 1 aromatic rings. The molecule has 2 aliphatic heterocycles. The number of ether oxygens (including phenoxy) is 1. The van der Waals surface area contributed by atoms with Crippen LogP contribution in [0.3, 0.4) is 0 Å². The summed E-state index contributed by atoms with van der Waals surface area (Å²) in [5.74, 6) is -1.28. The highest BCUT2D eigenvalue weighted by molar-refractivity contribution is 7.60. The fraction of sp³-hybridized carbons (Fsp3) is 0.591. The van der Waals surface area contributed by atoms with E-state index in [9.17, 15) is 18.9 Å². The van der Waals surface area contributed by atoms with Gasteiger partial charge in [0.25, 0.3) is 5.91 Å². The molecule has 2 aliphatic rings. The number of aryl methyl sites for hydroxylation is 1. The molecule has 0 saturated carbocycles. The van der Waals surface area contributed by atoms with Crippen molar-refractivity contribution < 1.29 is 28.2 Å². The first-order valence-electron chi connectivity index (χ1n) is 10.9. The number of fused-ring (bicyclic) bond motifs is 1. The van der Waals surface area contributed by atoms with Crippen LogP contribution in [0.5, 0.6) is 0 Å². The molecule has 0 bridgehead atoms. The topological polar surface area (TPSA) is 93.2 Å². The molecule has 0 aromatic heterocycles. The molecule has 0 spiro atoms. The van der Waals surface area contributed by atoms with Crippen LogP contribution in [0.15, 0.2) is 30.3 Å². The van der Waals surface area contributed by atoms with E-state index in [4.69, 9.17) is 9.26 Å². The summed E-state index contributed by atoms with van der Waals surface area (Å²) >= 11 is 0. The highest BCUT2D eigenvalue weighted by atomic mass is 31.2. The van der Waals surface area contributed by atoms with Crippen LogP contribution in [-0.2, 0) is 34.6 Å². The van der Waals surface area contributed by atoms with Gasteiger partial charge in [-0.1, -0.05) is 30.3 Å². The lowest BCUT2D eigenvalue weighted by Crippen LogP contribution is -2.60. The average molecular weight is 450 g/mol. The second-order valence-electron chi connectivity index (χ2n) is 7.89. The van der Waals surface area contributed by atoms with Crippen molar-refractivity contribution in [3.63, 3.8) is 0 Å². The second kappa shape index (κ2) is 10.4. The molecule has 2 fully saturated rings. The molecular weight excluding hydrogens is 419 g/mol. The number of methoxy groups -OCH3 is 1. The standard InChI is InChI=1S/C22H31N2O6P/c1-3-30-31(28,16-8-11-17-9-5-4-6-10-17)19-13-14-20(25)23-15-7-12-18(22(27)29-2)24(23)21(19)26/h4-6,9-10,18-19H,3,7-8,11-16H2,1-2H3/t18-,19-,31?/m0/s1. The Labute approximate surface area is 183 Å². The van der Waals surface area contributed by atoms with E-state index in [-0.39, 0.29) is 31.5 Å². The molecule has 0 aliphatic carbocycles. The molecule has 9 heteroatoms. The molecule has 0 radical (unpaired) electrons. The average Bonchev–Trinajstić information content (AvgIpc) is 2.91. The number of hydrogen-bond donors (Lipinski definition) is 0. The predicted octanol–water partition coefficient (Wildman–Crippen LogP) is 3.00. The first-order valence-corrected chi connectivity index (χ1v) is 12.8. The zero-order valence-electron chi connectivity index (χ0n) is 18.2. The molecule has 2 heterocycles. The van der Waals surface area contributed by atoms with Gasteiger partial charge in [0.2, 0.25) is 13.3 Å². The van der Waals surface area contributed by atoms with Gasteiger partial charge in [0.1, 0.15) is 5.66 Å². The van der Waals surface area contributed by atoms with Crippen molar-refractivity contribution in [1.82, 2.24) is 10.0 Å². The Morgan fingerprint density at radius 2 is 1.94 bits per heavy atom. The number of carbonyl (C=O) groups is 3. The summed E-state index contributed by atoms with van der Waals surface area (Å²) < 4.78 is 24.5. The van der Waals surface area contributed by atoms with Gasteiger partial charge in [-0.25, -0.2) is 9.80 Å². The van der Waals surface area contributed by atoms with Gasteiger partial charge in [-0.05, 0) is 44.6 Å². The summed E-state index contributed by atoms with van der Waals surface area (Å²) in [6.45, 7) is 2.32. The maximum absolute atomic E-state index is 13.9. The van der Waals surface area contributed by atoms with E-state index in [2.05, 4.69) is 0 Å². The molecular formula is C22H31N2O6P. The zero-order chi connectivity index (χ0) is 22.4. The lowest BCUT2D eigenvalue weighted by molar-refractivity contribution is -0.181. The third-order valence-electron chi connectivity index (χ3n) is 5.91. The molecule has 3 atom stereocenters. The summed E-state index contributed by atoms with van der Waals surface area (Å²) in [4.78, 5) is 38.7. The van der Waals surface area contributed by atoms with Crippen LogP contribution in [0, 0.1) is 0 Å². The van der Waals surface area contributed by atoms with Crippen molar-refractivity contribution >= 4 is 25.2 Å². The molecule has 2 amide bonds. The lowest BCUT2D eigenvalue weighted by Gasteiger charge is -2.42. The Morgan fingerprint density at radius 3 is 2.61 bits per heavy atom. The minimum absolute atomic E-state index is 0.0938. The third kappa shape index (κ3) is 5.18. The van der Waals surface area contributed by atoms with E-state index in [0.29, 0.717) is 25.8 Å². The molecule has 3 rings (SSSR count). The van der Waals surface area contributed by atoms with Crippen molar-refractivity contribution in [1.29, 1.82) is 0 Å². The van der Waals surface area contributed by atoms with Gasteiger partial charge >= 0.3 is 5.97 Å². The van der Waals surface area contributed by atoms with Gasteiger partial charge in [-0.2, -0.15) is 0 Å². The molecule has 2 saturated heterocycles. The summed E-state index contributed by atoms with van der Waals surface area (Å²) in [6, 6.07) is 8.99. The van der Waals surface area contributed by atoms with Crippen molar-refractivity contribution in [3.05, 3.63) is 35.9 Å². The first kappa shape index (κ1) is 23.5. The van der Waals surface area contributed by atoms with Gasteiger partial charge in [0.05, 0.1) is 13.7 Å². The van der Waals surface area contributed by atoms with Crippen molar-refractivity contribution in [2.24, 2.45) is 0 Å². The summed E-state index contributed by atoms with van der Waals surface area (Å²) in [5.41, 5.74) is 0.184. The largest absolute Gasteiger partial charge is 0.467 e. The predicted molar refractivity (Wildman–Crippen MR) is 115 cm³/mol. The Hall–Kier alpha value is -2.18. The van der Waals surface area contributed by atoms with E-state index in [1.54, 1.807) is 6.92 Å². The summed E-state index contributed by atoms with van der Waals surface area (Å²) in [6.07, 6.45) is 2.82. The van der Waals surface area contributed by atoms with E-state index in [1.165, 1.54) is 17.1 Å². The third-order valence-corrected chi connectivity index (χ3v) is 8.97. The van der Waals surface area contributed by atoms with Crippen molar-refractivity contribution in [2.45, 2.75) is 57.1 Å². The van der Waals surface area contributed by atoms with Crippen LogP contribution in [0.1, 0.15) is 44.6 Å². The number of carbonyl (C=O) groups excluding carboxylic acids is 3. The fourth-order valence-electron chi connectivity index (χ4n) is 4.41. The van der Waals surface area contributed by atoms with E-state index >= 15 is 0 Å². The number of hydrazine groups is 1. The Balaban J connectivity index is 1.84. The number of rotatable bonds is 8. The van der Waals surface area contributed by atoms with E-state index in [1.807, 2.05) is 30.3 Å². The number of benzene rings is 1. The molecule has 31 heavy (non-hydrogen) atoms. The van der Waals surface area contributed by atoms with Crippen LogP contribution in [0.2, 0.25) is 0 Å². The fourth-order valence-corrected chi connectivity index (χ4v) is 7.05. The number of hydrogen-bond acceptors (Lipinski definition) is 6. The highest BCUT2D eigenvalue weighted by Gasteiger charge is 2.50. The first-order chi connectivity index (χ1) is 14.9. The van der Waals surface area contributed by atoms with Gasteiger partial charge in [0.15, 0.2) is 6.04 Å². The van der Waals surface area contributed by atoms with E-state index < -0.39 is 30.9 Å². The summed E-state index contributed by atoms with van der Waals surface area (Å²) in [7, 11) is -2.13. The van der Waals surface area contributed by atoms with Gasteiger partial charge < -0.3 is 9.26 Å². The minimum Gasteiger partial charge on any atom is -0.467 e. The molecule has 1 aromatic carbocycles. The lowest BCUT2D eigenvalue weighted by atomic mass is 10.1. The smallest absolute Gasteiger partial charge is 0.330 e. The van der Waals surface area contributed by atoms with Crippen LogP contribution in [0.25, 0.3) is 0 Å². The summed E-state index contributed by atoms with van der Waals surface area (Å²) in [5, 5.41) is 2.55. The Kier molecular flexibility index (Phi) is 7.89. The second-order valence-corrected chi connectivity index (χ2v) is 10.7. The maximum Gasteiger partial charge on any atom is 0.330 e. The molecule has 8 nitrogen and oxygen atoms in total. The molecule has 1 unspecified atom stereocenters. The van der Waals surface area contributed by atoms with Gasteiger partial charge in [-0.15, -0.1) is 0 Å². The molecule has 170 valence electrons. The Bertz CT molecular complexity index is 846. The zero-order valence-corrected chi connectivity index (χ0v) is 19.1. The van der Waals surface area contributed by atoms with Crippen LogP contribution in [-0.4, -0.2) is 65.9 Å².